The SMILES string of the molecule is CCCCC(CC)Cc1ccoc1CC(CC)CCCC. The van der Waals surface area contributed by atoms with Gasteiger partial charge in [0, 0.05) is 6.42 Å². The molecule has 1 rings (SSSR count). The smallest absolute Gasteiger partial charge is 0.107 e. The van der Waals surface area contributed by atoms with Crippen LogP contribution in [-0.4, -0.2) is 0 Å². The van der Waals surface area contributed by atoms with Crippen LogP contribution in [0.15, 0.2) is 16.7 Å². The fourth-order valence-corrected chi connectivity index (χ4v) is 3.19. The molecule has 0 aromatic carbocycles. The highest BCUT2D eigenvalue weighted by molar-refractivity contribution is 5.18. The van der Waals surface area contributed by atoms with Gasteiger partial charge in [-0.2, -0.15) is 0 Å². The predicted molar refractivity (Wildman–Crippen MR) is 92.7 cm³/mol. The van der Waals surface area contributed by atoms with Crippen LogP contribution in [0.1, 0.15) is 90.4 Å². The number of rotatable bonds is 12. The fourth-order valence-electron chi connectivity index (χ4n) is 3.19. The third-order valence-electron chi connectivity index (χ3n) is 4.91. The van der Waals surface area contributed by atoms with Gasteiger partial charge in [-0.1, -0.05) is 79.1 Å². The van der Waals surface area contributed by atoms with E-state index in [9.17, 15) is 0 Å². The van der Waals surface area contributed by atoms with E-state index in [-0.39, 0.29) is 0 Å². The molecule has 1 heterocycles. The van der Waals surface area contributed by atoms with Crippen LogP contribution in [-0.2, 0) is 12.8 Å². The quantitative estimate of drug-likeness (QED) is 0.413. The molecule has 0 radical (unpaired) electrons. The molecular weight excluding hydrogens is 256 g/mol. The lowest BCUT2D eigenvalue weighted by molar-refractivity contribution is 0.390. The lowest BCUT2D eigenvalue weighted by Crippen LogP contribution is -2.08. The zero-order valence-corrected chi connectivity index (χ0v) is 14.8. The van der Waals surface area contributed by atoms with Gasteiger partial charge in [0.25, 0.3) is 0 Å². The molecule has 21 heavy (non-hydrogen) atoms. The van der Waals surface area contributed by atoms with Crippen LogP contribution in [0.4, 0.5) is 0 Å². The third-order valence-corrected chi connectivity index (χ3v) is 4.91. The van der Waals surface area contributed by atoms with E-state index < -0.39 is 0 Å². The van der Waals surface area contributed by atoms with Gasteiger partial charge in [0.1, 0.15) is 5.76 Å². The van der Waals surface area contributed by atoms with Gasteiger partial charge in [-0.05, 0) is 29.9 Å². The Hall–Kier alpha value is -0.720. The molecule has 0 fully saturated rings. The summed E-state index contributed by atoms with van der Waals surface area (Å²) in [7, 11) is 0. The van der Waals surface area contributed by atoms with Crippen LogP contribution in [0.2, 0.25) is 0 Å². The maximum absolute atomic E-state index is 5.83. The summed E-state index contributed by atoms with van der Waals surface area (Å²) in [4.78, 5) is 0. The molecule has 0 aliphatic heterocycles. The first kappa shape index (κ1) is 18.3. The van der Waals surface area contributed by atoms with Crippen molar-refractivity contribution in [3.05, 3.63) is 23.7 Å². The minimum atomic E-state index is 0.797. The normalized spacial score (nSPS) is 14.3. The Morgan fingerprint density at radius 2 is 1.43 bits per heavy atom. The second kappa shape index (κ2) is 10.9. The second-order valence-electron chi connectivity index (χ2n) is 6.61. The molecule has 0 aliphatic rings. The van der Waals surface area contributed by atoms with Crippen LogP contribution < -0.4 is 0 Å². The molecular formula is C20H36O. The van der Waals surface area contributed by atoms with Gasteiger partial charge in [0.2, 0.25) is 0 Å². The Morgan fingerprint density at radius 3 is 1.95 bits per heavy atom. The van der Waals surface area contributed by atoms with Crippen molar-refractivity contribution < 1.29 is 4.42 Å². The molecule has 1 aromatic rings. The summed E-state index contributed by atoms with van der Waals surface area (Å²) in [5, 5.41) is 0. The average Bonchev–Trinajstić information content (AvgIpc) is 2.94. The van der Waals surface area contributed by atoms with Gasteiger partial charge >= 0.3 is 0 Å². The Labute approximate surface area is 132 Å². The van der Waals surface area contributed by atoms with Gasteiger partial charge in [-0.25, -0.2) is 0 Å². The van der Waals surface area contributed by atoms with Crippen molar-refractivity contribution in [3.8, 4) is 0 Å². The molecule has 122 valence electrons. The number of furan rings is 1. The summed E-state index contributed by atoms with van der Waals surface area (Å²) < 4.78 is 5.83. The predicted octanol–water partition coefficient (Wildman–Crippen LogP) is 6.80. The van der Waals surface area contributed by atoms with Crippen molar-refractivity contribution in [2.24, 2.45) is 11.8 Å². The number of hydrogen-bond donors (Lipinski definition) is 0. The summed E-state index contributed by atoms with van der Waals surface area (Å²) in [5.74, 6) is 2.90. The van der Waals surface area contributed by atoms with Crippen LogP contribution in [0.5, 0.6) is 0 Å². The van der Waals surface area contributed by atoms with Crippen molar-refractivity contribution in [2.45, 2.75) is 91.9 Å². The average molecular weight is 293 g/mol. The minimum absolute atomic E-state index is 0.797. The molecule has 0 aliphatic carbocycles. The molecule has 1 heteroatoms. The minimum Gasteiger partial charge on any atom is -0.469 e. The van der Waals surface area contributed by atoms with E-state index in [0.717, 1.165) is 18.3 Å². The first-order valence-electron chi connectivity index (χ1n) is 9.30. The molecule has 1 aromatic heterocycles. The molecule has 0 amide bonds. The lowest BCUT2D eigenvalue weighted by Gasteiger charge is -2.17. The highest BCUT2D eigenvalue weighted by atomic mass is 16.3. The van der Waals surface area contributed by atoms with Crippen LogP contribution in [0.25, 0.3) is 0 Å². The Bertz CT molecular complexity index is 320. The zero-order chi connectivity index (χ0) is 15.5. The first-order valence-corrected chi connectivity index (χ1v) is 9.30. The van der Waals surface area contributed by atoms with E-state index in [1.54, 1.807) is 0 Å². The standard InChI is InChI=1S/C20H36O/c1-5-9-11-17(7-3)15-19-13-14-21-20(19)16-18(8-4)12-10-6-2/h13-14,17-18H,5-12,15-16H2,1-4H3. The maximum atomic E-state index is 5.83. The molecule has 0 spiro atoms. The zero-order valence-electron chi connectivity index (χ0n) is 14.8. The molecule has 0 N–H and O–H groups in total. The van der Waals surface area contributed by atoms with E-state index in [0.29, 0.717) is 0 Å². The van der Waals surface area contributed by atoms with Crippen LogP contribution >= 0.6 is 0 Å². The van der Waals surface area contributed by atoms with Crippen LogP contribution in [0.3, 0.4) is 0 Å². The monoisotopic (exact) mass is 292 g/mol. The van der Waals surface area contributed by atoms with E-state index in [1.165, 1.54) is 69.1 Å². The molecule has 0 bridgehead atoms. The molecule has 0 saturated heterocycles. The van der Waals surface area contributed by atoms with E-state index >= 15 is 0 Å². The van der Waals surface area contributed by atoms with Crippen molar-refractivity contribution in [2.75, 3.05) is 0 Å². The first-order chi connectivity index (χ1) is 10.2. The number of hydrogen-bond acceptors (Lipinski definition) is 1. The van der Waals surface area contributed by atoms with Gasteiger partial charge < -0.3 is 4.42 Å². The summed E-state index contributed by atoms with van der Waals surface area (Å²) in [5.41, 5.74) is 1.48. The van der Waals surface area contributed by atoms with Crippen molar-refractivity contribution in [3.63, 3.8) is 0 Å². The summed E-state index contributed by atoms with van der Waals surface area (Å²) in [6, 6.07) is 2.22. The van der Waals surface area contributed by atoms with Crippen molar-refractivity contribution in [1.29, 1.82) is 0 Å². The van der Waals surface area contributed by atoms with Gasteiger partial charge in [-0.15, -0.1) is 0 Å². The highest BCUT2D eigenvalue weighted by Crippen LogP contribution is 2.26. The Balaban J connectivity index is 2.58. The Kier molecular flexibility index (Phi) is 9.54. The van der Waals surface area contributed by atoms with E-state index in [1.807, 2.05) is 6.26 Å². The van der Waals surface area contributed by atoms with Crippen molar-refractivity contribution in [1.82, 2.24) is 0 Å². The van der Waals surface area contributed by atoms with Crippen molar-refractivity contribution >= 4 is 0 Å². The fraction of sp³-hybridized carbons (Fsp3) is 0.800. The summed E-state index contributed by atoms with van der Waals surface area (Å²) in [6.45, 7) is 9.22. The van der Waals surface area contributed by atoms with Gasteiger partial charge in [-0.3, -0.25) is 0 Å². The van der Waals surface area contributed by atoms with Gasteiger partial charge in [0.15, 0.2) is 0 Å². The molecule has 1 nitrogen and oxygen atoms in total. The van der Waals surface area contributed by atoms with Gasteiger partial charge in [0.05, 0.1) is 6.26 Å². The summed E-state index contributed by atoms with van der Waals surface area (Å²) in [6.07, 6.45) is 14.9. The lowest BCUT2D eigenvalue weighted by atomic mass is 9.89. The number of unbranched alkanes of at least 4 members (excludes halogenated alkanes) is 2. The summed E-state index contributed by atoms with van der Waals surface area (Å²) >= 11 is 0. The second-order valence-corrected chi connectivity index (χ2v) is 6.61. The third kappa shape index (κ3) is 6.72. The maximum Gasteiger partial charge on any atom is 0.107 e. The topological polar surface area (TPSA) is 13.1 Å². The Morgan fingerprint density at radius 1 is 0.857 bits per heavy atom. The molecule has 2 unspecified atom stereocenters. The largest absolute Gasteiger partial charge is 0.469 e. The van der Waals surface area contributed by atoms with Crippen LogP contribution in [0, 0.1) is 11.8 Å². The molecule has 0 saturated carbocycles. The van der Waals surface area contributed by atoms with E-state index in [2.05, 4.69) is 33.8 Å². The highest BCUT2D eigenvalue weighted by Gasteiger charge is 2.16. The molecule has 2 atom stereocenters. The van der Waals surface area contributed by atoms with E-state index in [4.69, 9.17) is 4.42 Å².